The van der Waals surface area contributed by atoms with Crippen molar-refractivity contribution >= 4 is 57.5 Å². The molecule has 4 aromatic rings. The molecular formula is C30H25ClN6O4S. The number of nitrogens with zero attached hydrogens (tertiary/aromatic N) is 5. The Hall–Kier alpha value is -4.48. The predicted octanol–water partition coefficient (Wildman–Crippen LogP) is 4.35. The average molecular weight is 601 g/mol. The van der Waals surface area contributed by atoms with Gasteiger partial charge in [0.15, 0.2) is 5.17 Å². The highest BCUT2D eigenvalue weighted by Gasteiger charge is 2.41. The molecular weight excluding hydrogens is 576 g/mol. The largest absolute Gasteiger partial charge is 0.497 e. The van der Waals surface area contributed by atoms with E-state index >= 15 is 0 Å². The van der Waals surface area contributed by atoms with E-state index in [1.807, 2.05) is 48.5 Å². The number of thioether (sulfide) groups is 1. The number of carbonyl (C=O) groups is 2. The van der Waals surface area contributed by atoms with Crippen molar-refractivity contribution in [2.45, 2.75) is 31.2 Å². The molecule has 4 heterocycles. The topological polar surface area (TPSA) is 118 Å². The number of para-hydroxylation sites is 1. The number of ether oxygens (including phenoxy) is 1. The number of rotatable bonds is 8. The van der Waals surface area contributed by atoms with Crippen LogP contribution in [0.4, 0.5) is 5.69 Å². The van der Waals surface area contributed by atoms with Crippen molar-refractivity contribution in [1.82, 2.24) is 19.6 Å². The number of benzene rings is 2. The number of carbonyl (C=O) groups excluding carboxylic acids is 2. The van der Waals surface area contributed by atoms with Crippen molar-refractivity contribution in [3.63, 3.8) is 0 Å². The Balaban J connectivity index is 1.15. The first-order chi connectivity index (χ1) is 20.4. The summed E-state index contributed by atoms with van der Waals surface area (Å²) in [5.41, 5.74) is 3.16. The van der Waals surface area contributed by atoms with Crippen molar-refractivity contribution in [2.24, 2.45) is 9.98 Å². The molecule has 212 valence electrons. The maximum atomic E-state index is 13.6. The third kappa shape index (κ3) is 5.65. The molecule has 0 saturated carbocycles. The molecule has 0 bridgehead atoms. The van der Waals surface area contributed by atoms with Crippen LogP contribution >= 0.6 is 23.4 Å². The van der Waals surface area contributed by atoms with E-state index in [0.717, 1.165) is 16.9 Å². The number of pyridine rings is 1. The van der Waals surface area contributed by atoms with E-state index in [1.54, 1.807) is 19.2 Å². The fourth-order valence-corrected chi connectivity index (χ4v) is 5.78. The van der Waals surface area contributed by atoms with Crippen molar-refractivity contribution in [1.29, 1.82) is 0 Å². The number of fused-ring (bicyclic) bond motifs is 4. The molecule has 1 atom stereocenters. The first-order valence-corrected chi connectivity index (χ1v) is 14.6. The number of hydrogen-bond donors (Lipinski definition) is 1. The quantitative estimate of drug-likeness (QED) is 0.321. The molecule has 6 rings (SSSR count). The average Bonchev–Trinajstić information content (AvgIpc) is 3.34. The van der Waals surface area contributed by atoms with E-state index in [4.69, 9.17) is 26.3 Å². The summed E-state index contributed by atoms with van der Waals surface area (Å²) in [5, 5.41) is 3.78. The van der Waals surface area contributed by atoms with E-state index in [1.165, 1.54) is 33.3 Å². The minimum atomic E-state index is -0.711. The molecule has 2 aromatic carbocycles. The summed E-state index contributed by atoms with van der Waals surface area (Å²) < 4.78 is 6.55. The van der Waals surface area contributed by atoms with Gasteiger partial charge in [-0.2, -0.15) is 0 Å². The highest BCUT2D eigenvalue weighted by molar-refractivity contribution is 8.13. The van der Waals surface area contributed by atoms with E-state index in [0.29, 0.717) is 45.4 Å². The summed E-state index contributed by atoms with van der Waals surface area (Å²) in [6.07, 6.45) is 1.93. The first-order valence-electron chi connectivity index (χ1n) is 13.2. The lowest BCUT2D eigenvalue weighted by Crippen LogP contribution is -2.41. The summed E-state index contributed by atoms with van der Waals surface area (Å²) >= 11 is 7.32. The molecule has 0 saturated heterocycles. The van der Waals surface area contributed by atoms with Gasteiger partial charge in [-0.1, -0.05) is 47.6 Å². The van der Waals surface area contributed by atoms with E-state index in [2.05, 4.69) is 10.3 Å². The number of aromatic nitrogens is 2. The van der Waals surface area contributed by atoms with E-state index in [9.17, 15) is 14.4 Å². The number of amides is 2. The van der Waals surface area contributed by atoms with Gasteiger partial charge in [0.05, 0.1) is 23.5 Å². The summed E-state index contributed by atoms with van der Waals surface area (Å²) in [6, 6.07) is 19.0. The van der Waals surface area contributed by atoms with Crippen LogP contribution in [0.15, 0.2) is 87.7 Å². The molecule has 2 aromatic heterocycles. The van der Waals surface area contributed by atoms with Crippen LogP contribution in [-0.2, 0) is 21.9 Å². The van der Waals surface area contributed by atoms with Crippen molar-refractivity contribution in [3.8, 4) is 5.75 Å². The van der Waals surface area contributed by atoms with Gasteiger partial charge in [-0.15, -0.1) is 0 Å². The second-order valence-electron chi connectivity index (χ2n) is 9.67. The Labute approximate surface area is 250 Å². The maximum Gasteiger partial charge on any atom is 0.259 e. The molecule has 12 heteroatoms. The van der Waals surface area contributed by atoms with Crippen LogP contribution in [0.25, 0.3) is 5.65 Å². The monoisotopic (exact) mass is 600 g/mol. The molecule has 1 unspecified atom stereocenters. The van der Waals surface area contributed by atoms with Gasteiger partial charge in [0.1, 0.15) is 23.3 Å². The lowest BCUT2D eigenvalue weighted by Gasteiger charge is -2.25. The summed E-state index contributed by atoms with van der Waals surface area (Å²) in [7, 11) is 1.60. The second-order valence-corrected chi connectivity index (χ2v) is 11.0. The third-order valence-corrected chi connectivity index (χ3v) is 8.06. The molecule has 2 amide bonds. The normalized spacial score (nSPS) is 15.6. The Morgan fingerprint density at radius 1 is 1.10 bits per heavy atom. The molecule has 0 radical (unpaired) electrons. The zero-order valence-electron chi connectivity index (χ0n) is 22.5. The Bertz CT molecular complexity index is 1820. The van der Waals surface area contributed by atoms with Crippen LogP contribution in [0.1, 0.15) is 29.7 Å². The zero-order valence-corrected chi connectivity index (χ0v) is 24.1. The number of halogens is 1. The zero-order chi connectivity index (χ0) is 29.2. The number of hydrogen-bond acceptors (Lipinski definition) is 8. The van der Waals surface area contributed by atoms with Gasteiger partial charge in [-0.05, 0) is 48.4 Å². The number of methoxy groups -OCH3 is 1. The summed E-state index contributed by atoms with van der Waals surface area (Å²) in [4.78, 5) is 54.4. The Morgan fingerprint density at radius 3 is 2.71 bits per heavy atom. The van der Waals surface area contributed by atoms with Crippen molar-refractivity contribution in [3.05, 3.63) is 105 Å². The number of amidine groups is 2. The fourth-order valence-electron chi connectivity index (χ4n) is 4.73. The lowest BCUT2D eigenvalue weighted by atomic mass is 10.1. The van der Waals surface area contributed by atoms with Crippen LogP contribution < -0.4 is 15.6 Å². The Morgan fingerprint density at radius 2 is 1.90 bits per heavy atom. The third-order valence-electron chi connectivity index (χ3n) is 6.87. The van der Waals surface area contributed by atoms with Crippen LogP contribution in [0.2, 0.25) is 5.02 Å². The van der Waals surface area contributed by atoms with Gasteiger partial charge < -0.3 is 10.1 Å². The molecule has 1 N–H and O–H groups in total. The van der Waals surface area contributed by atoms with E-state index in [-0.39, 0.29) is 30.2 Å². The fraction of sp³-hybridized carbons (Fsp3) is 0.200. The molecule has 0 aliphatic carbocycles. The molecule has 2 aliphatic rings. The highest BCUT2D eigenvalue weighted by Crippen LogP contribution is 2.35. The SMILES string of the molecule is COc1ccc(CNC(=O)CCC2N=C3c4ccccc4N=C(SCc4cc(=O)n5cc(Cl)ccc5n4)N3C2=O)cc1. The minimum Gasteiger partial charge on any atom is -0.497 e. The van der Waals surface area contributed by atoms with E-state index < -0.39 is 6.04 Å². The van der Waals surface area contributed by atoms with Gasteiger partial charge in [0, 0.05) is 36.5 Å². The second kappa shape index (κ2) is 11.8. The van der Waals surface area contributed by atoms with Gasteiger partial charge in [-0.3, -0.25) is 23.8 Å². The smallest absolute Gasteiger partial charge is 0.259 e. The van der Waals surface area contributed by atoms with Gasteiger partial charge in [0.25, 0.3) is 11.5 Å². The van der Waals surface area contributed by atoms with Crippen LogP contribution in [-0.4, -0.2) is 50.3 Å². The van der Waals surface area contributed by atoms with Crippen LogP contribution in [0.3, 0.4) is 0 Å². The highest BCUT2D eigenvalue weighted by atomic mass is 35.5. The molecule has 0 spiro atoms. The molecule has 10 nitrogen and oxygen atoms in total. The molecule has 2 aliphatic heterocycles. The molecule has 42 heavy (non-hydrogen) atoms. The first kappa shape index (κ1) is 27.7. The van der Waals surface area contributed by atoms with Crippen molar-refractivity contribution in [2.75, 3.05) is 7.11 Å². The minimum absolute atomic E-state index is 0.146. The molecule has 0 fully saturated rings. The summed E-state index contributed by atoms with van der Waals surface area (Å²) in [5.74, 6) is 1.16. The predicted molar refractivity (Wildman–Crippen MR) is 163 cm³/mol. The van der Waals surface area contributed by atoms with Crippen LogP contribution in [0, 0.1) is 0 Å². The standard InChI is InChI=1S/C30H25ClN6O4S/c1-41-21-9-6-18(7-10-21)15-32-26(38)13-11-24-29(40)37-28(34-24)22-4-2-3-5-23(22)35-30(37)42-17-20-14-27(39)36-16-19(31)8-12-25(36)33-20/h2-10,12,14,16,24H,11,13,15,17H2,1H3,(H,32,38). The van der Waals surface area contributed by atoms with Gasteiger partial charge >= 0.3 is 0 Å². The van der Waals surface area contributed by atoms with Gasteiger partial charge in [-0.25, -0.2) is 14.9 Å². The number of nitrogens with one attached hydrogen (secondary N) is 1. The Kier molecular flexibility index (Phi) is 7.77. The summed E-state index contributed by atoms with van der Waals surface area (Å²) in [6.45, 7) is 0.377. The lowest BCUT2D eigenvalue weighted by molar-refractivity contribution is -0.125. The van der Waals surface area contributed by atoms with Crippen LogP contribution in [0.5, 0.6) is 5.75 Å². The number of aliphatic imine (C=N–C) groups is 2. The maximum absolute atomic E-state index is 13.6. The van der Waals surface area contributed by atoms with Crippen molar-refractivity contribution < 1.29 is 14.3 Å². The van der Waals surface area contributed by atoms with Gasteiger partial charge in [0.2, 0.25) is 5.91 Å².